The number of benzene rings is 2. The van der Waals surface area contributed by atoms with Crippen molar-refractivity contribution in [3.8, 4) is 0 Å². The zero-order chi connectivity index (χ0) is 17.3. The maximum absolute atomic E-state index is 12.4. The maximum Gasteiger partial charge on any atom is 0.337 e. The lowest BCUT2D eigenvalue weighted by molar-refractivity contribution is -0.130. The summed E-state index contributed by atoms with van der Waals surface area (Å²) in [6.45, 7) is 0. The van der Waals surface area contributed by atoms with Gasteiger partial charge < -0.3 is 15.2 Å². The van der Waals surface area contributed by atoms with Gasteiger partial charge in [0.15, 0.2) is 0 Å². The Morgan fingerprint density at radius 1 is 1.04 bits per heavy atom. The average Bonchev–Trinajstić information content (AvgIpc) is 2.90. The van der Waals surface area contributed by atoms with E-state index in [4.69, 9.17) is 0 Å². The van der Waals surface area contributed by atoms with Crippen LogP contribution in [0.4, 0.5) is 5.69 Å². The number of carboxylic acid groups (broad SMARTS) is 1. The predicted molar refractivity (Wildman–Crippen MR) is 87.3 cm³/mol. The minimum absolute atomic E-state index is 0.0696. The summed E-state index contributed by atoms with van der Waals surface area (Å²) in [4.78, 5) is 35.7. The van der Waals surface area contributed by atoms with E-state index in [1.165, 1.54) is 19.2 Å². The van der Waals surface area contributed by atoms with Crippen LogP contribution in [0.15, 0.2) is 48.5 Å². The molecular formula is C18H13NO5. The molecule has 0 fully saturated rings. The van der Waals surface area contributed by atoms with E-state index in [0.717, 1.165) is 0 Å². The number of methoxy groups -OCH3 is 1. The number of anilines is 1. The molecule has 0 saturated carbocycles. The molecule has 24 heavy (non-hydrogen) atoms. The molecule has 1 aliphatic rings. The molecule has 1 heterocycles. The first-order valence-electron chi connectivity index (χ1n) is 7.10. The standard InChI is InChI=1S/C18H13NO5/c1-24-18(23)11-7-8-12-13(9-11)19-16(20)15(12)14(17(21)22)10-5-3-2-4-6-10/h2-9H,1H3,(H,19,20)(H,21,22). The van der Waals surface area contributed by atoms with Crippen molar-refractivity contribution in [1.29, 1.82) is 0 Å². The van der Waals surface area contributed by atoms with Gasteiger partial charge in [0, 0.05) is 11.3 Å². The van der Waals surface area contributed by atoms with Crippen LogP contribution in [-0.4, -0.2) is 30.1 Å². The van der Waals surface area contributed by atoms with Gasteiger partial charge in [-0.25, -0.2) is 9.59 Å². The third kappa shape index (κ3) is 2.54. The van der Waals surface area contributed by atoms with Gasteiger partial charge in [-0.05, 0) is 17.7 Å². The number of aliphatic carboxylic acids is 1. The molecule has 0 radical (unpaired) electrons. The molecular weight excluding hydrogens is 310 g/mol. The quantitative estimate of drug-likeness (QED) is 0.668. The van der Waals surface area contributed by atoms with E-state index in [0.29, 0.717) is 16.8 Å². The predicted octanol–water partition coefficient (Wildman–Crippen LogP) is 2.42. The first-order valence-corrected chi connectivity index (χ1v) is 7.10. The van der Waals surface area contributed by atoms with E-state index in [1.54, 1.807) is 36.4 Å². The van der Waals surface area contributed by atoms with Crippen LogP contribution in [0.5, 0.6) is 0 Å². The number of hydrogen-bond acceptors (Lipinski definition) is 4. The third-order valence-electron chi connectivity index (χ3n) is 3.71. The van der Waals surface area contributed by atoms with Crippen LogP contribution in [0.25, 0.3) is 11.1 Å². The summed E-state index contributed by atoms with van der Waals surface area (Å²) in [5, 5.41) is 12.2. The molecule has 0 aromatic heterocycles. The van der Waals surface area contributed by atoms with Gasteiger partial charge in [0.1, 0.15) is 0 Å². The van der Waals surface area contributed by atoms with Crippen molar-refractivity contribution in [2.75, 3.05) is 12.4 Å². The first-order chi connectivity index (χ1) is 11.5. The first kappa shape index (κ1) is 15.5. The molecule has 6 nitrogen and oxygen atoms in total. The molecule has 120 valence electrons. The summed E-state index contributed by atoms with van der Waals surface area (Å²) >= 11 is 0. The summed E-state index contributed by atoms with van der Waals surface area (Å²) in [6.07, 6.45) is 0. The topological polar surface area (TPSA) is 92.7 Å². The van der Waals surface area contributed by atoms with Crippen LogP contribution in [-0.2, 0) is 14.3 Å². The molecule has 2 N–H and O–H groups in total. The number of hydrogen-bond donors (Lipinski definition) is 2. The highest BCUT2D eigenvalue weighted by atomic mass is 16.5. The van der Waals surface area contributed by atoms with Gasteiger partial charge >= 0.3 is 11.9 Å². The van der Waals surface area contributed by atoms with Crippen molar-refractivity contribution in [2.24, 2.45) is 0 Å². The third-order valence-corrected chi connectivity index (χ3v) is 3.71. The highest BCUT2D eigenvalue weighted by molar-refractivity contribution is 6.44. The molecule has 0 aliphatic carbocycles. The fourth-order valence-electron chi connectivity index (χ4n) is 2.65. The Morgan fingerprint density at radius 3 is 2.38 bits per heavy atom. The summed E-state index contributed by atoms with van der Waals surface area (Å²) in [7, 11) is 1.26. The van der Waals surface area contributed by atoms with Crippen LogP contribution in [0.3, 0.4) is 0 Å². The SMILES string of the molecule is COC(=O)c1ccc2c(c1)NC(=O)C2=C(C(=O)O)c1ccccc1. The van der Waals surface area contributed by atoms with Crippen molar-refractivity contribution in [3.05, 3.63) is 65.2 Å². The molecule has 0 spiro atoms. The number of carboxylic acids is 1. The Hall–Kier alpha value is -3.41. The smallest absolute Gasteiger partial charge is 0.337 e. The Kier molecular flexibility index (Phi) is 3.87. The highest BCUT2D eigenvalue weighted by Crippen LogP contribution is 2.37. The van der Waals surface area contributed by atoms with Gasteiger partial charge in [-0.2, -0.15) is 0 Å². The minimum Gasteiger partial charge on any atom is -0.478 e. The zero-order valence-electron chi connectivity index (χ0n) is 12.7. The Bertz CT molecular complexity index is 884. The number of nitrogens with one attached hydrogen (secondary N) is 1. The van der Waals surface area contributed by atoms with E-state index in [9.17, 15) is 19.5 Å². The highest BCUT2D eigenvalue weighted by Gasteiger charge is 2.31. The molecule has 2 aromatic rings. The van der Waals surface area contributed by atoms with Crippen LogP contribution < -0.4 is 5.32 Å². The number of carbonyl (C=O) groups excluding carboxylic acids is 2. The van der Waals surface area contributed by atoms with Crippen LogP contribution in [0, 0.1) is 0 Å². The number of esters is 1. The number of rotatable bonds is 3. The molecule has 0 saturated heterocycles. The van der Waals surface area contributed by atoms with Crippen molar-refractivity contribution in [2.45, 2.75) is 0 Å². The van der Waals surface area contributed by atoms with E-state index < -0.39 is 17.8 Å². The molecule has 0 bridgehead atoms. The minimum atomic E-state index is -1.20. The number of fused-ring (bicyclic) bond motifs is 1. The summed E-state index contributed by atoms with van der Waals surface area (Å²) < 4.78 is 4.65. The largest absolute Gasteiger partial charge is 0.478 e. The van der Waals surface area contributed by atoms with Gasteiger partial charge in [0.25, 0.3) is 5.91 Å². The van der Waals surface area contributed by atoms with Gasteiger partial charge in [-0.1, -0.05) is 36.4 Å². The zero-order valence-corrected chi connectivity index (χ0v) is 12.7. The normalized spacial score (nSPS) is 14.6. The molecule has 0 atom stereocenters. The van der Waals surface area contributed by atoms with Crippen molar-refractivity contribution in [1.82, 2.24) is 0 Å². The number of ether oxygens (including phenoxy) is 1. The second-order valence-corrected chi connectivity index (χ2v) is 5.13. The second kappa shape index (κ2) is 6.00. The van der Waals surface area contributed by atoms with Crippen LogP contribution in [0.2, 0.25) is 0 Å². The molecule has 1 amide bonds. The second-order valence-electron chi connectivity index (χ2n) is 5.13. The van der Waals surface area contributed by atoms with Crippen LogP contribution in [0.1, 0.15) is 21.5 Å². The molecule has 3 rings (SSSR count). The summed E-state index contributed by atoms with van der Waals surface area (Å²) in [5.41, 5.74) is 1.51. The van der Waals surface area contributed by atoms with Gasteiger partial charge in [-0.15, -0.1) is 0 Å². The molecule has 0 unspecified atom stereocenters. The van der Waals surface area contributed by atoms with Crippen molar-refractivity contribution in [3.63, 3.8) is 0 Å². The van der Waals surface area contributed by atoms with Gasteiger partial charge in [0.2, 0.25) is 0 Å². The monoisotopic (exact) mass is 323 g/mol. The number of amides is 1. The average molecular weight is 323 g/mol. The summed E-state index contributed by atoms with van der Waals surface area (Å²) in [5.74, 6) is -2.25. The van der Waals surface area contributed by atoms with E-state index >= 15 is 0 Å². The fraction of sp³-hybridized carbons (Fsp3) is 0.0556. The van der Waals surface area contributed by atoms with Gasteiger partial charge in [0.05, 0.1) is 23.8 Å². The van der Waals surface area contributed by atoms with E-state index in [1.807, 2.05) is 0 Å². The lowest BCUT2D eigenvalue weighted by Gasteiger charge is -2.07. The lowest BCUT2D eigenvalue weighted by atomic mass is 9.95. The number of carbonyl (C=O) groups is 3. The molecule has 1 aliphatic heterocycles. The summed E-state index contributed by atoms with van der Waals surface area (Å²) in [6, 6.07) is 12.9. The molecule has 2 aromatic carbocycles. The van der Waals surface area contributed by atoms with Crippen LogP contribution >= 0.6 is 0 Å². The van der Waals surface area contributed by atoms with Crippen molar-refractivity contribution < 1.29 is 24.2 Å². The molecule has 6 heteroatoms. The lowest BCUT2D eigenvalue weighted by Crippen LogP contribution is -2.10. The maximum atomic E-state index is 12.4. The van der Waals surface area contributed by atoms with E-state index in [-0.39, 0.29) is 16.7 Å². The van der Waals surface area contributed by atoms with Crippen molar-refractivity contribution >= 4 is 34.7 Å². The fourth-order valence-corrected chi connectivity index (χ4v) is 2.65. The van der Waals surface area contributed by atoms with E-state index in [2.05, 4.69) is 10.1 Å². The van der Waals surface area contributed by atoms with Gasteiger partial charge in [-0.3, -0.25) is 4.79 Å². The Balaban J connectivity index is 2.21. The Morgan fingerprint density at radius 2 is 1.75 bits per heavy atom. The Labute approximate surface area is 137 Å².